The molecule has 3 aromatic carbocycles. The average Bonchev–Trinajstić information content (AvgIpc) is 2.79. The van der Waals surface area contributed by atoms with Gasteiger partial charge in [-0.2, -0.15) is 0 Å². The maximum Gasteiger partial charge on any atom is 0.135 e. The Kier molecular flexibility index (Phi) is 6.81. The van der Waals surface area contributed by atoms with Crippen molar-refractivity contribution in [2.75, 3.05) is 31.6 Å². The molecule has 1 saturated heterocycles. The van der Waals surface area contributed by atoms with Crippen molar-refractivity contribution >= 4 is 37.5 Å². The second-order valence-corrected chi connectivity index (χ2v) is 9.47. The highest BCUT2D eigenvalue weighted by Gasteiger charge is 2.29. The summed E-state index contributed by atoms with van der Waals surface area (Å²) in [7, 11) is 1.72. The summed E-state index contributed by atoms with van der Waals surface area (Å²) in [4.78, 5) is 2.51. The molecule has 1 fully saturated rings. The Morgan fingerprint density at radius 3 is 2.30 bits per heavy atom. The lowest BCUT2D eigenvalue weighted by Gasteiger charge is -2.41. The predicted octanol–water partition coefficient (Wildman–Crippen LogP) is 6.47. The standard InChI is InChI=1S/C25H26Br2N2O/c1-17(18-3-5-19(6-4-18)20-7-9-21(26)10-8-20)24-16-28-13-14-29(24)22-11-12-23(27)25(15-22)30-2/h3-12,15,17,24,28H,13-14,16H2,1-2H3. The van der Waals surface area contributed by atoms with Gasteiger partial charge in [0.05, 0.1) is 11.6 Å². The fourth-order valence-electron chi connectivity index (χ4n) is 4.16. The van der Waals surface area contributed by atoms with Gasteiger partial charge in [0.1, 0.15) is 5.75 Å². The first-order chi connectivity index (χ1) is 14.6. The molecule has 0 radical (unpaired) electrons. The molecule has 0 amide bonds. The molecule has 2 atom stereocenters. The number of rotatable bonds is 5. The Bertz CT molecular complexity index is 989. The molecular formula is C25H26Br2N2O. The van der Waals surface area contributed by atoms with Crippen molar-refractivity contribution in [1.82, 2.24) is 5.32 Å². The molecule has 3 nitrogen and oxygen atoms in total. The monoisotopic (exact) mass is 528 g/mol. The summed E-state index contributed by atoms with van der Waals surface area (Å²) in [6, 6.07) is 24.2. The second kappa shape index (κ2) is 9.54. The van der Waals surface area contributed by atoms with Crippen LogP contribution < -0.4 is 15.0 Å². The van der Waals surface area contributed by atoms with E-state index in [1.807, 2.05) is 0 Å². The molecule has 4 rings (SSSR count). The number of piperazine rings is 1. The first-order valence-electron chi connectivity index (χ1n) is 10.2. The Hall–Kier alpha value is -1.82. The van der Waals surface area contributed by atoms with E-state index in [0.717, 1.165) is 34.3 Å². The van der Waals surface area contributed by atoms with E-state index in [4.69, 9.17) is 4.74 Å². The van der Waals surface area contributed by atoms with Crippen molar-refractivity contribution in [3.63, 3.8) is 0 Å². The van der Waals surface area contributed by atoms with Gasteiger partial charge >= 0.3 is 0 Å². The van der Waals surface area contributed by atoms with Gasteiger partial charge in [-0.15, -0.1) is 0 Å². The van der Waals surface area contributed by atoms with Gasteiger partial charge < -0.3 is 15.0 Å². The molecule has 156 valence electrons. The van der Waals surface area contributed by atoms with E-state index >= 15 is 0 Å². The lowest BCUT2D eigenvalue weighted by atomic mass is 9.89. The highest BCUT2D eigenvalue weighted by Crippen LogP contribution is 2.34. The molecule has 2 unspecified atom stereocenters. The third kappa shape index (κ3) is 4.58. The van der Waals surface area contributed by atoms with Gasteiger partial charge in [0.2, 0.25) is 0 Å². The summed E-state index contributed by atoms with van der Waals surface area (Å²) >= 11 is 7.08. The van der Waals surface area contributed by atoms with Crippen LogP contribution in [0.5, 0.6) is 5.75 Å². The SMILES string of the molecule is COc1cc(N2CCNCC2C(C)c2ccc(-c3ccc(Br)cc3)cc2)ccc1Br. The van der Waals surface area contributed by atoms with E-state index < -0.39 is 0 Å². The van der Waals surface area contributed by atoms with Crippen LogP contribution in [-0.2, 0) is 0 Å². The number of ether oxygens (including phenoxy) is 1. The minimum atomic E-state index is 0.378. The van der Waals surface area contributed by atoms with Crippen molar-refractivity contribution in [3.05, 3.63) is 81.2 Å². The normalized spacial score (nSPS) is 17.6. The number of hydrogen-bond donors (Lipinski definition) is 1. The van der Waals surface area contributed by atoms with Crippen LogP contribution in [0.2, 0.25) is 0 Å². The van der Waals surface area contributed by atoms with Gasteiger partial charge in [-0.25, -0.2) is 0 Å². The molecule has 0 aromatic heterocycles. The topological polar surface area (TPSA) is 24.5 Å². The Morgan fingerprint density at radius 2 is 1.63 bits per heavy atom. The number of nitrogens with one attached hydrogen (secondary N) is 1. The zero-order valence-electron chi connectivity index (χ0n) is 17.2. The number of nitrogens with zero attached hydrogens (tertiary/aromatic N) is 1. The number of benzene rings is 3. The summed E-state index contributed by atoms with van der Waals surface area (Å²) in [6.45, 7) is 5.27. The van der Waals surface area contributed by atoms with Crippen molar-refractivity contribution < 1.29 is 4.74 Å². The van der Waals surface area contributed by atoms with E-state index in [0.29, 0.717) is 12.0 Å². The molecule has 1 aliphatic heterocycles. The Balaban J connectivity index is 1.57. The van der Waals surface area contributed by atoms with Crippen molar-refractivity contribution in [1.29, 1.82) is 0 Å². The van der Waals surface area contributed by atoms with Crippen LogP contribution in [0, 0.1) is 0 Å². The van der Waals surface area contributed by atoms with Crippen LogP contribution >= 0.6 is 31.9 Å². The number of methoxy groups -OCH3 is 1. The van der Waals surface area contributed by atoms with E-state index in [-0.39, 0.29) is 0 Å². The molecule has 5 heteroatoms. The molecule has 0 aliphatic carbocycles. The summed E-state index contributed by atoms with van der Waals surface area (Å²) in [6.07, 6.45) is 0. The van der Waals surface area contributed by atoms with Crippen LogP contribution in [0.1, 0.15) is 18.4 Å². The fourth-order valence-corrected chi connectivity index (χ4v) is 4.84. The zero-order chi connectivity index (χ0) is 21.1. The molecule has 30 heavy (non-hydrogen) atoms. The van der Waals surface area contributed by atoms with Crippen molar-refractivity contribution in [3.8, 4) is 16.9 Å². The highest BCUT2D eigenvalue weighted by atomic mass is 79.9. The van der Waals surface area contributed by atoms with Crippen LogP contribution in [0.3, 0.4) is 0 Å². The summed E-state index contributed by atoms with van der Waals surface area (Å²) < 4.78 is 7.61. The number of hydrogen-bond acceptors (Lipinski definition) is 3. The maximum atomic E-state index is 5.53. The minimum absolute atomic E-state index is 0.378. The molecule has 3 aromatic rings. The maximum absolute atomic E-state index is 5.53. The Morgan fingerprint density at radius 1 is 0.967 bits per heavy atom. The van der Waals surface area contributed by atoms with Crippen LogP contribution in [0.25, 0.3) is 11.1 Å². The van der Waals surface area contributed by atoms with E-state index in [9.17, 15) is 0 Å². The molecular weight excluding hydrogens is 504 g/mol. The molecule has 0 spiro atoms. The first-order valence-corrected chi connectivity index (χ1v) is 11.8. The summed E-state index contributed by atoms with van der Waals surface area (Å²) in [5.74, 6) is 1.27. The smallest absolute Gasteiger partial charge is 0.135 e. The van der Waals surface area contributed by atoms with Gasteiger partial charge in [0.25, 0.3) is 0 Å². The van der Waals surface area contributed by atoms with Gasteiger partial charge in [-0.3, -0.25) is 0 Å². The molecule has 1 aliphatic rings. The molecule has 1 N–H and O–H groups in total. The molecule has 0 saturated carbocycles. The first kappa shape index (κ1) is 21.4. The van der Waals surface area contributed by atoms with Crippen molar-refractivity contribution in [2.45, 2.75) is 18.9 Å². The average molecular weight is 530 g/mol. The van der Waals surface area contributed by atoms with Crippen LogP contribution in [0.4, 0.5) is 5.69 Å². The van der Waals surface area contributed by atoms with Gasteiger partial charge in [-0.1, -0.05) is 59.3 Å². The van der Waals surface area contributed by atoms with Crippen molar-refractivity contribution in [2.24, 2.45) is 0 Å². The third-order valence-corrected chi connectivity index (χ3v) is 7.12. The number of halogens is 2. The summed E-state index contributed by atoms with van der Waals surface area (Å²) in [5.41, 5.74) is 5.05. The molecule has 0 bridgehead atoms. The van der Waals surface area contributed by atoms with E-state index in [2.05, 4.69) is 116 Å². The predicted molar refractivity (Wildman–Crippen MR) is 133 cm³/mol. The van der Waals surface area contributed by atoms with Gasteiger partial charge in [0, 0.05) is 47.8 Å². The zero-order valence-corrected chi connectivity index (χ0v) is 20.4. The van der Waals surface area contributed by atoms with E-state index in [1.54, 1.807) is 7.11 Å². The number of anilines is 1. The second-order valence-electron chi connectivity index (χ2n) is 7.70. The lowest BCUT2D eigenvalue weighted by Crippen LogP contribution is -2.53. The third-order valence-electron chi connectivity index (χ3n) is 5.94. The highest BCUT2D eigenvalue weighted by molar-refractivity contribution is 9.10. The van der Waals surface area contributed by atoms with E-state index in [1.165, 1.54) is 22.4 Å². The fraction of sp³-hybridized carbons (Fsp3) is 0.280. The quantitative estimate of drug-likeness (QED) is 0.410. The van der Waals surface area contributed by atoms with Gasteiger partial charge in [-0.05, 0) is 56.9 Å². The van der Waals surface area contributed by atoms with Crippen LogP contribution in [0.15, 0.2) is 75.7 Å². The van der Waals surface area contributed by atoms with Crippen LogP contribution in [-0.4, -0.2) is 32.8 Å². The molecule has 1 heterocycles. The Labute approximate surface area is 195 Å². The summed E-state index contributed by atoms with van der Waals surface area (Å²) in [5, 5.41) is 3.58. The lowest BCUT2D eigenvalue weighted by molar-refractivity contribution is 0.409. The largest absolute Gasteiger partial charge is 0.495 e. The minimum Gasteiger partial charge on any atom is -0.495 e. The van der Waals surface area contributed by atoms with Gasteiger partial charge in [0.15, 0.2) is 0 Å².